The maximum absolute atomic E-state index is 13.1. The summed E-state index contributed by atoms with van der Waals surface area (Å²) in [5.41, 5.74) is -2.84. The van der Waals surface area contributed by atoms with Crippen molar-refractivity contribution in [2.45, 2.75) is 12.6 Å². The molecule has 8 heteroatoms. The van der Waals surface area contributed by atoms with Crippen LogP contribution < -0.4 is 5.32 Å². The molecular formula is C10H5F5N2O. The van der Waals surface area contributed by atoms with Crippen molar-refractivity contribution < 1.29 is 26.7 Å². The van der Waals surface area contributed by atoms with Gasteiger partial charge < -0.3 is 5.32 Å². The van der Waals surface area contributed by atoms with Crippen molar-refractivity contribution >= 4 is 11.6 Å². The molecule has 0 heterocycles. The topological polar surface area (TPSA) is 52.9 Å². The largest absolute Gasteiger partial charge is 0.421 e. The lowest BCUT2D eigenvalue weighted by Crippen LogP contribution is -2.17. The van der Waals surface area contributed by atoms with E-state index < -0.39 is 41.4 Å². The summed E-state index contributed by atoms with van der Waals surface area (Å²) in [6.07, 6.45) is -5.82. The maximum Gasteiger partial charge on any atom is 0.421 e. The first-order valence-electron chi connectivity index (χ1n) is 4.48. The zero-order valence-corrected chi connectivity index (χ0v) is 8.61. The molecule has 96 valence electrons. The number of amides is 1. The molecule has 0 aromatic heterocycles. The molecule has 0 unspecified atom stereocenters. The van der Waals surface area contributed by atoms with Crippen LogP contribution >= 0.6 is 0 Å². The highest BCUT2D eigenvalue weighted by Gasteiger charge is 2.38. The molecule has 1 aromatic carbocycles. The van der Waals surface area contributed by atoms with E-state index in [4.69, 9.17) is 5.26 Å². The van der Waals surface area contributed by atoms with Gasteiger partial charge in [0.1, 0.15) is 23.6 Å². The first-order chi connectivity index (χ1) is 8.25. The van der Waals surface area contributed by atoms with Gasteiger partial charge in [-0.05, 0) is 6.07 Å². The van der Waals surface area contributed by atoms with Gasteiger partial charge in [-0.25, -0.2) is 8.78 Å². The zero-order chi connectivity index (χ0) is 13.9. The summed E-state index contributed by atoms with van der Waals surface area (Å²) in [7, 11) is 0. The summed E-state index contributed by atoms with van der Waals surface area (Å²) in [6.45, 7) is 0. The second kappa shape index (κ2) is 5.00. The number of halogens is 5. The summed E-state index contributed by atoms with van der Waals surface area (Å²) in [4.78, 5) is 11.0. The van der Waals surface area contributed by atoms with Crippen molar-refractivity contribution in [2.24, 2.45) is 0 Å². The third-order valence-electron chi connectivity index (χ3n) is 1.85. The molecule has 1 N–H and O–H groups in total. The Labute approximate surface area is 97.8 Å². The highest BCUT2D eigenvalue weighted by Crippen LogP contribution is 2.37. The highest BCUT2D eigenvalue weighted by molar-refractivity contribution is 5.92. The molecule has 0 aliphatic carbocycles. The SMILES string of the molecule is N#CCC(=O)Nc1cc(F)cc(F)c1C(F)(F)F. The van der Waals surface area contributed by atoms with Crippen molar-refractivity contribution in [2.75, 3.05) is 5.32 Å². The number of anilines is 1. The van der Waals surface area contributed by atoms with Crippen LogP contribution in [0.5, 0.6) is 0 Å². The Morgan fingerprint density at radius 3 is 2.44 bits per heavy atom. The minimum atomic E-state index is -5.09. The van der Waals surface area contributed by atoms with Gasteiger partial charge in [0.15, 0.2) is 0 Å². The molecule has 0 saturated carbocycles. The van der Waals surface area contributed by atoms with Crippen molar-refractivity contribution in [1.29, 1.82) is 5.26 Å². The van der Waals surface area contributed by atoms with E-state index in [1.807, 2.05) is 0 Å². The number of carbonyl (C=O) groups is 1. The third kappa shape index (κ3) is 3.16. The van der Waals surface area contributed by atoms with Gasteiger partial charge >= 0.3 is 6.18 Å². The molecule has 0 saturated heterocycles. The molecule has 0 bridgehead atoms. The Kier molecular flexibility index (Phi) is 3.86. The minimum Gasteiger partial charge on any atom is -0.324 e. The third-order valence-corrected chi connectivity index (χ3v) is 1.85. The van der Waals surface area contributed by atoms with E-state index in [1.165, 1.54) is 6.07 Å². The number of benzene rings is 1. The predicted molar refractivity (Wildman–Crippen MR) is 50.2 cm³/mol. The summed E-state index contributed by atoms with van der Waals surface area (Å²) in [5, 5.41) is 9.81. The standard InChI is InChI=1S/C10H5F5N2O/c11-5-3-6(12)9(10(13,14)15)7(4-5)17-8(18)1-2-16/h3-4H,1H2,(H,17,18). The normalized spacial score (nSPS) is 10.9. The highest BCUT2D eigenvalue weighted by atomic mass is 19.4. The van der Waals surface area contributed by atoms with Crippen molar-refractivity contribution in [3.05, 3.63) is 29.3 Å². The quantitative estimate of drug-likeness (QED) is 0.835. The van der Waals surface area contributed by atoms with E-state index in [0.29, 0.717) is 6.07 Å². The smallest absolute Gasteiger partial charge is 0.324 e. The number of hydrogen-bond donors (Lipinski definition) is 1. The van der Waals surface area contributed by atoms with Crippen molar-refractivity contribution in [3.8, 4) is 6.07 Å². The molecule has 0 fully saturated rings. The fraction of sp³-hybridized carbons (Fsp3) is 0.200. The number of nitrogens with zero attached hydrogens (tertiary/aromatic N) is 1. The molecule has 1 amide bonds. The lowest BCUT2D eigenvalue weighted by Gasteiger charge is -2.14. The van der Waals surface area contributed by atoms with Crippen LogP contribution in [0.25, 0.3) is 0 Å². The van der Waals surface area contributed by atoms with Gasteiger partial charge in [0.25, 0.3) is 0 Å². The van der Waals surface area contributed by atoms with Crippen LogP contribution in [0.4, 0.5) is 27.6 Å². The predicted octanol–water partition coefficient (Wildman–Crippen LogP) is 2.84. The number of nitrogens with one attached hydrogen (secondary N) is 1. The van der Waals surface area contributed by atoms with Gasteiger partial charge in [0, 0.05) is 6.07 Å². The molecule has 1 aromatic rings. The molecule has 0 radical (unpaired) electrons. The van der Waals surface area contributed by atoms with Gasteiger partial charge in [-0.15, -0.1) is 0 Å². The van der Waals surface area contributed by atoms with Crippen LogP contribution in [0.3, 0.4) is 0 Å². The summed E-state index contributed by atoms with van der Waals surface area (Å²) >= 11 is 0. The summed E-state index contributed by atoms with van der Waals surface area (Å²) in [6, 6.07) is 1.79. The van der Waals surface area contributed by atoms with E-state index >= 15 is 0 Å². The van der Waals surface area contributed by atoms with Gasteiger partial charge in [-0.2, -0.15) is 18.4 Å². The number of hydrogen-bond acceptors (Lipinski definition) is 2. The van der Waals surface area contributed by atoms with E-state index in [9.17, 15) is 26.7 Å². The Balaban J connectivity index is 3.25. The van der Waals surface area contributed by atoms with E-state index in [2.05, 4.69) is 0 Å². The summed E-state index contributed by atoms with van der Waals surface area (Å²) in [5.74, 6) is -4.20. The molecule has 3 nitrogen and oxygen atoms in total. The van der Waals surface area contributed by atoms with Gasteiger partial charge in [0.05, 0.1) is 11.8 Å². The number of carbonyl (C=O) groups excluding carboxylic acids is 1. The second-order valence-electron chi connectivity index (χ2n) is 3.19. The Morgan fingerprint density at radius 1 is 1.33 bits per heavy atom. The first-order valence-corrected chi connectivity index (χ1v) is 4.48. The Hall–Kier alpha value is -2.17. The fourth-order valence-electron chi connectivity index (χ4n) is 1.23. The second-order valence-corrected chi connectivity index (χ2v) is 3.19. The minimum absolute atomic E-state index is 0.0583. The van der Waals surface area contributed by atoms with E-state index in [0.717, 1.165) is 0 Å². The average molecular weight is 264 g/mol. The van der Waals surface area contributed by atoms with Gasteiger partial charge in [-0.3, -0.25) is 4.79 Å². The first kappa shape index (κ1) is 13.9. The molecule has 0 atom stereocenters. The van der Waals surface area contributed by atoms with Crippen molar-refractivity contribution in [3.63, 3.8) is 0 Å². The number of alkyl halides is 3. The lowest BCUT2D eigenvalue weighted by molar-refractivity contribution is -0.139. The van der Waals surface area contributed by atoms with E-state index in [-0.39, 0.29) is 6.07 Å². The van der Waals surface area contributed by atoms with Gasteiger partial charge in [-0.1, -0.05) is 0 Å². The molecule has 0 aliphatic heterocycles. The van der Waals surface area contributed by atoms with Crippen LogP contribution in [-0.4, -0.2) is 5.91 Å². The fourth-order valence-corrected chi connectivity index (χ4v) is 1.23. The lowest BCUT2D eigenvalue weighted by atomic mass is 10.1. The van der Waals surface area contributed by atoms with Crippen LogP contribution in [0.2, 0.25) is 0 Å². The number of rotatable bonds is 2. The number of nitriles is 1. The molecule has 1 rings (SSSR count). The van der Waals surface area contributed by atoms with Crippen LogP contribution in [-0.2, 0) is 11.0 Å². The molecule has 0 aliphatic rings. The van der Waals surface area contributed by atoms with E-state index in [1.54, 1.807) is 5.32 Å². The Morgan fingerprint density at radius 2 is 1.94 bits per heavy atom. The summed E-state index contributed by atoms with van der Waals surface area (Å²) < 4.78 is 63.4. The van der Waals surface area contributed by atoms with Gasteiger partial charge in [0.2, 0.25) is 5.91 Å². The zero-order valence-electron chi connectivity index (χ0n) is 8.61. The molecular weight excluding hydrogens is 259 g/mol. The van der Waals surface area contributed by atoms with Crippen molar-refractivity contribution in [1.82, 2.24) is 0 Å². The van der Waals surface area contributed by atoms with Crippen LogP contribution in [0, 0.1) is 23.0 Å². The molecule has 18 heavy (non-hydrogen) atoms. The maximum atomic E-state index is 13.1. The average Bonchev–Trinajstić information content (AvgIpc) is 2.13. The monoisotopic (exact) mass is 264 g/mol. The molecule has 0 spiro atoms. The van der Waals surface area contributed by atoms with Crippen LogP contribution in [0.15, 0.2) is 12.1 Å². The van der Waals surface area contributed by atoms with Crippen LogP contribution in [0.1, 0.15) is 12.0 Å². The Bertz CT molecular complexity index is 518.